The number of para-hydroxylation sites is 1. The average molecular weight is 343 g/mol. The van der Waals surface area contributed by atoms with Gasteiger partial charge in [-0.2, -0.15) is 0 Å². The topological polar surface area (TPSA) is 45.7 Å². The van der Waals surface area contributed by atoms with Crippen molar-refractivity contribution in [3.8, 4) is 0 Å². The van der Waals surface area contributed by atoms with E-state index in [1.165, 1.54) is 5.56 Å². The zero-order valence-electron chi connectivity index (χ0n) is 13.6. The number of carbonyl (C=O) groups excluding carboxylic acids is 1. The molecule has 1 aromatic carbocycles. The van der Waals surface area contributed by atoms with Crippen LogP contribution >= 0.6 is 11.3 Å². The Hall–Kier alpha value is -1.76. The fourth-order valence-corrected chi connectivity index (χ4v) is 4.14. The van der Waals surface area contributed by atoms with E-state index in [9.17, 15) is 4.79 Å². The molecule has 6 heteroatoms. The van der Waals surface area contributed by atoms with E-state index in [0.29, 0.717) is 13.2 Å². The van der Waals surface area contributed by atoms with Gasteiger partial charge in [-0.15, -0.1) is 11.3 Å². The molecule has 1 saturated heterocycles. The number of rotatable bonds is 3. The van der Waals surface area contributed by atoms with Crippen LogP contribution in [0.15, 0.2) is 35.8 Å². The Labute approximate surface area is 145 Å². The Bertz CT molecular complexity index is 704. The number of amides is 1. The quantitative estimate of drug-likeness (QED) is 0.859. The van der Waals surface area contributed by atoms with Crippen molar-refractivity contribution in [2.45, 2.75) is 18.9 Å². The van der Waals surface area contributed by atoms with E-state index < -0.39 is 0 Å². The van der Waals surface area contributed by atoms with Gasteiger partial charge < -0.3 is 9.64 Å². The summed E-state index contributed by atoms with van der Waals surface area (Å²) >= 11 is 1.61. The second-order valence-electron chi connectivity index (χ2n) is 6.24. The molecule has 0 unspecified atom stereocenters. The van der Waals surface area contributed by atoms with Gasteiger partial charge in [-0.1, -0.05) is 18.2 Å². The van der Waals surface area contributed by atoms with Gasteiger partial charge in [0.05, 0.1) is 13.2 Å². The summed E-state index contributed by atoms with van der Waals surface area (Å²) in [6.07, 6.45) is 3.88. The van der Waals surface area contributed by atoms with Crippen molar-refractivity contribution in [1.29, 1.82) is 0 Å². The van der Waals surface area contributed by atoms with Crippen molar-refractivity contribution in [2.24, 2.45) is 0 Å². The lowest BCUT2D eigenvalue weighted by molar-refractivity contribution is -0.122. The lowest BCUT2D eigenvalue weighted by Crippen LogP contribution is -2.46. The largest absolute Gasteiger partial charge is 0.368 e. The molecule has 0 spiro atoms. The highest BCUT2D eigenvalue weighted by Gasteiger charge is 2.28. The molecule has 5 nitrogen and oxygen atoms in total. The van der Waals surface area contributed by atoms with Gasteiger partial charge in [0.25, 0.3) is 0 Å². The third kappa shape index (κ3) is 3.22. The molecule has 1 atom stereocenters. The van der Waals surface area contributed by atoms with Crippen LogP contribution in [-0.2, 0) is 16.0 Å². The van der Waals surface area contributed by atoms with Crippen LogP contribution in [0.5, 0.6) is 0 Å². The molecule has 2 aromatic rings. The van der Waals surface area contributed by atoms with Crippen LogP contribution in [0.2, 0.25) is 0 Å². The number of aromatic nitrogens is 1. The summed E-state index contributed by atoms with van der Waals surface area (Å²) in [4.78, 5) is 21.3. The Balaban J connectivity index is 1.43. The number of nitrogens with zero attached hydrogens (tertiary/aromatic N) is 3. The first-order valence-electron chi connectivity index (χ1n) is 8.43. The molecule has 3 heterocycles. The lowest BCUT2D eigenvalue weighted by atomic mass is 10.0. The molecule has 1 fully saturated rings. The molecular formula is C18H21N3O2S. The van der Waals surface area contributed by atoms with Crippen LogP contribution in [0.25, 0.3) is 0 Å². The van der Waals surface area contributed by atoms with Gasteiger partial charge in [-0.05, 0) is 24.5 Å². The van der Waals surface area contributed by atoms with E-state index in [1.54, 1.807) is 17.5 Å². The summed E-state index contributed by atoms with van der Waals surface area (Å²) in [6.45, 7) is 3.43. The molecule has 0 radical (unpaired) electrons. The summed E-state index contributed by atoms with van der Waals surface area (Å²) < 4.78 is 5.82. The van der Waals surface area contributed by atoms with E-state index in [-0.39, 0.29) is 12.0 Å². The highest BCUT2D eigenvalue weighted by Crippen LogP contribution is 2.28. The van der Waals surface area contributed by atoms with Crippen LogP contribution < -0.4 is 4.90 Å². The van der Waals surface area contributed by atoms with E-state index in [4.69, 9.17) is 4.74 Å². The zero-order chi connectivity index (χ0) is 16.4. The van der Waals surface area contributed by atoms with Crippen LogP contribution in [-0.4, -0.2) is 48.6 Å². The van der Waals surface area contributed by atoms with Crippen molar-refractivity contribution in [3.63, 3.8) is 0 Å². The number of aryl methyl sites for hydroxylation is 1. The Morgan fingerprint density at radius 2 is 2.25 bits per heavy atom. The van der Waals surface area contributed by atoms with E-state index in [0.717, 1.165) is 43.2 Å². The molecule has 0 N–H and O–H groups in total. The second-order valence-corrected chi connectivity index (χ2v) is 7.17. The minimum absolute atomic E-state index is 0.0137. The van der Waals surface area contributed by atoms with Crippen molar-refractivity contribution >= 4 is 22.9 Å². The normalized spacial score (nSPS) is 21.5. The van der Waals surface area contributed by atoms with Gasteiger partial charge in [0.2, 0.25) is 5.91 Å². The summed E-state index contributed by atoms with van der Waals surface area (Å²) in [5.74, 6) is 0.182. The molecule has 2 aliphatic heterocycles. The van der Waals surface area contributed by atoms with Gasteiger partial charge in [0, 0.05) is 36.9 Å². The second kappa shape index (κ2) is 7.01. The highest BCUT2D eigenvalue weighted by molar-refractivity contribution is 7.09. The van der Waals surface area contributed by atoms with E-state index in [1.807, 2.05) is 22.4 Å². The maximum Gasteiger partial charge on any atom is 0.241 e. The number of hydrogen-bond donors (Lipinski definition) is 0. The van der Waals surface area contributed by atoms with Crippen molar-refractivity contribution < 1.29 is 9.53 Å². The summed E-state index contributed by atoms with van der Waals surface area (Å²) in [5.41, 5.74) is 2.36. The average Bonchev–Trinajstić information content (AvgIpc) is 3.16. The molecule has 0 bridgehead atoms. The highest BCUT2D eigenvalue weighted by atomic mass is 32.1. The minimum Gasteiger partial charge on any atom is -0.368 e. The first kappa shape index (κ1) is 15.7. The minimum atomic E-state index is -0.0137. The molecule has 1 amide bonds. The van der Waals surface area contributed by atoms with Crippen molar-refractivity contribution in [2.75, 3.05) is 37.7 Å². The number of hydrogen-bond acceptors (Lipinski definition) is 5. The molecular weight excluding hydrogens is 322 g/mol. The van der Waals surface area contributed by atoms with Crippen LogP contribution in [0.4, 0.5) is 5.69 Å². The van der Waals surface area contributed by atoms with E-state index >= 15 is 0 Å². The molecule has 126 valence electrons. The van der Waals surface area contributed by atoms with E-state index in [2.05, 4.69) is 22.0 Å². The molecule has 1 aromatic heterocycles. The van der Waals surface area contributed by atoms with Gasteiger partial charge in [0.15, 0.2) is 0 Å². The molecule has 4 rings (SSSR count). The standard InChI is InChI=1S/C18H21N3O2S/c22-17(21-8-3-5-14-4-1-2-6-15(14)21)13-20-9-10-23-16(12-20)18-19-7-11-24-18/h1-2,4,6-7,11,16H,3,5,8-10,12-13H2/t16-/m1/s1. The van der Waals surface area contributed by atoms with Crippen LogP contribution in [0, 0.1) is 0 Å². The number of morpholine rings is 1. The van der Waals surface area contributed by atoms with Crippen LogP contribution in [0.3, 0.4) is 0 Å². The molecule has 2 aliphatic rings. The van der Waals surface area contributed by atoms with Crippen molar-refractivity contribution in [1.82, 2.24) is 9.88 Å². The maximum atomic E-state index is 12.9. The summed E-state index contributed by atoms with van der Waals surface area (Å²) in [5, 5.41) is 2.96. The predicted molar refractivity (Wildman–Crippen MR) is 94.4 cm³/mol. The molecule has 24 heavy (non-hydrogen) atoms. The number of anilines is 1. The SMILES string of the molecule is O=C(CN1CCO[C@@H](c2nccs2)C1)N1CCCc2ccccc21. The Morgan fingerprint density at radius 1 is 1.33 bits per heavy atom. The number of carbonyl (C=O) groups is 1. The number of benzene rings is 1. The first-order valence-corrected chi connectivity index (χ1v) is 9.31. The fourth-order valence-electron chi connectivity index (χ4n) is 3.46. The van der Waals surface area contributed by atoms with Gasteiger partial charge in [0.1, 0.15) is 11.1 Å². The third-order valence-electron chi connectivity index (χ3n) is 4.65. The van der Waals surface area contributed by atoms with Crippen LogP contribution in [0.1, 0.15) is 23.1 Å². The van der Waals surface area contributed by atoms with Gasteiger partial charge in [-0.25, -0.2) is 4.98 Å². The van der Waals surface area contributed by atoms with Gasteiger partial charge >= 0.3 is 0 Å². The van der Waals surface area contributed by atoms with Gasteiger partial charge in [-0.3, -0.25) is 9.69 Å². The zero-order valence-corrected chi connectivity index (χ0v) is 14.4. The predicted octanol–water partition coefficient (Wildman–Crippen LogP) is 2.50. The summed E-state index contributed by atoms with van der Waals surface area (Å²) in [7, 11) is 0. The molecule has 0 aliphatic carbocycles. The number of fused-ring (bicyclic) bond motifs is 1. The third-order valence-corrected chi connectivity index (χ3v) is 5.52. The Morgan fingerprint density at radius 3 is 3.12 bits per heavy atom. The monoisotopic (exact) mass is 343 g/mol. The number of thiazole rings is 1. The maximum absolute atomic E-state index is 12.9. The summed E-state index contributed by atoms with van der Waals surface area (Å²) in [6, 6.07) is 8.25. The number of ether oxygens (including phenoxy) is 1. The Kier molecular flexibility index (Phi) is 4.60. The fraction of sp³-hybridized carbons (Fsp3) is 0.444. The smallest absolute Gasteiger partial charge is 0.241 e. The molecule has 0 saturated carbocycles. The lowest BCUT2D eigenvalue weighted by Gasteiger charge is -2.35. The van der Waals surface area contributed by atoms with Crippen molar-refractivity contribution in [3.05, 3.63) is 46.4 Å². The first-order chi connectivity index (χ1) is 11.8.